The van der Waals surface area contributed by atoms with E-state index in [1.807, 2.05) is 0 Å². The van der Waals surface area contributed by atoms with Gasteiger partial charge in [-0.25, -0.2) is 9.59 Å². The van der Waals surface area contributed by atoms with Gasteiger partial charge in [0.1, 0.15) is 5.60 Å². The molecule has 0 radical (unpaired) electrons. The van der Waals surface area contributed by atoms with Crippen molar-refractivity contribution in [2.45, 2.75) is 72.0 Å². The number of hydrogen-bond donors (Lipinski definition) is 1. The summed E-state index contributed by atoms with van der Waals surface area (Å²) in [6.45, 7) is 10.5. The Morgan fingerprint density at radius 2 is 1.69 bits per heavy atom. The molecule has 0 bridgehead atoms. The Hall–Kier alpha value is -2.45. The third kappa shape index (κ3) is 9.06. The van der Waals surface area contributed by atoms with Gasteiger partial charge in [0.15, 0.2) is 12.4 Å². The van der Waals surface area contributed by atoms with E-state index >= 15 is 0 Å². The van der Waals surface area contributed by atoms with Gasteiger partial charge in [0.05, 0.1) is 6.04 Å². The predicted molar refractivity (Wildman–Crippen MR) is 106 cm³/mol. The number of ether oxygens (including phenoxy) is 4. The molecule has 0 saturated heterocycles. The molecule has 0 aliphatic heterocycles. The Labute approximate surface area is 171 Å². The maximum Gasteiger partial charge on any atom is 0.408 e. The molecule has 0 aromatic heterocycles. The summed E-state index contributed by atoms with van der Waals surface area (Å²) in [6.07, 6.45) is -2.82. The number of amides is 1. The maximum atomic E-state index is 12.7. The van der Waals surface area contributed by atoms with Crippen LogP contribution in [-0.4, -0.2) is 42.6 Å². The Kier molecular flexibility index (Phi) is 9.77. The zero-order chi connectivity index (χ0) is 22.0. The average molecular weight is 409 g/mol. The van der Waals surface area contributed by atoms with Crippen molar-refractivity contribution < 1.29 is 33.3 Å². The molecule has 162 valence electrons. The second-order valence-electron chi connectivity index (χ2n) is 7.26. The molecule has 1 rings (SSSR count). The average Bonchev–Trinajstić information content (AvgIpc) is 2.63. The van der Waals surface area contributed by atoms with Gasteiger partial charge in [0.2, 0.25) is 0 Å². The Balaban J connectivity index is 3.23. The number of nitrogens with one attached hydrogen (secondary N) is 1. The summed E-state index contributed by atoms with van der Waals surface area (Å²) in [5, 5.41) is 2.66. The molecule has 29 heavy (non-hydrogen) atoms. The molecule has 1 aromatic carbocycles. The fourth-order valence-corrected chi connectivity index (χ4v) is 2.42. The predicted octanol–water partition coefficient (Wildman–Crippen LogP) is 3.50. The van der Waals surface area contributed by atoms with Crippen molar-refractivity contribution in [3.63, 3.8) is 0 Å². The molecule has 3 atom stereocenters. The standard InChI is InChI=1S/C21H31NO7/c1-7-16(23)28-19(24)18(27-14(3)26-8-2)17(15-12-10-9-11-13-15)22-20(25)29-21(4,5)6/h9-14,17-18H,7-8H2,1-6H3,(H,22,25)/t14?,17-,18+/m0/s1. The minimum Gasteiger partial charge on any atom is -0.444 e. The number of rotatable bonds is 9. The van der Waals surface area contributed by atoms with Crippen molar-refractivity contribution in [1.29, 1.82) is 0 Å². The van der Waals surface area contributed by atoms with Crippen LogP contribution in [-0.2, 0) is 28.5 Å². The van der Waals surface area contributed by atoms with E-state index in [1.165, 1.54) is 0 Å². The molecule has 0 saturated carbocycles. The molecule has 0 aliphatic carbocycles. The molecule has 8 nitrogen and oxygen atoms in total. The van der Waals surface area contributed by atoms with Crippen LogP contribution in [0.1, 0.15) is 59.6 Å². The Bertz CT molecular complexity index is 669. The van der Waals surface area contributed by atoms with Crippen LogP contribution in [0.15, 0.2) is 30.3 Å². The maximum absolute atomic E-state index is 12.7. The number of esters is 2. The lowest BCUT2D eigenvalue weighted by Crippen LogP contribution is -2.46. The van der Waals surface area contributed by atoms with Crippen LogP contribution in [0.2, 0.25) is 0 Å². The highest BCUT2D eigenvalue weighted by Gasteiger charge is 2.36. The zero-order valence-electron chi connectivity index (χ0n) is 17.9. The third-order valence-corrected chi connectivity index (χ3v) is 3.61. The molecule has 1 N–H and O–H groups in total. The van der Waals surface area contributed by atoms with Crippen LogP contribution in [0.4, 0.5) is 4.79 Å². The van der Waals surface area contributed by atoms with Gasteiger partial charge < -0.3 is 24.3 Å². The summed E-state index contributed by atoms with van der Waals surface area (Å²) >= 11 is 0. The van der Waals surface area contributed by atoms with E-state index in [4.69, 9.17) is 18.9 Å². The van der Waals surface area contributed by atoms with Crippen molar-refractivity contribution in [3.8, 4) is 0 Å². The highest BCUT2D eigenvalue weighted by Crippen LogP contribution is 2.23. The summed E-state index contributed by atoms with van der Waals surface area (Å²) in [5.74, 6) is -1.62. The van der Waals surface area contributed by atoms with Crippen LogP contribution in [0.25, 0.3) is 0 Å². The largest absolute Gasteiger partial charge is 0.444 e. The molecule has 1 unspecified atom stereocenters. The summed E-state index contributed by atoms with van der Waals surface area (Å²) in [7, 11) is 0. The lowest BCUT2D eigenvalue weighted by Gasteiger charge is -2.30. The minimum absolute atomic E-state index is 0.0228. The SMILES string of the molecule is CCOC(C)O[C@@H](C(=O)OC(=O)CC)[C@@H](NC(=O)OC(C)(C)C)c1ccccc1. The molecule has 0 aliphatic rings. The molecular weight excluding hydrogens is 378 g/mol. The summed E-state index contributed by atoms with van der Waals surface area (Å²) in [6, 6.07) is 7.78. The fraction of sp³-hybridized carbons (Fsp3) is 0.571. The van der Waals surface area contributed by atoms with E-state index in [-0.39, 0.29) is 6.42 Å². The molecule has 0 heterocycles. The van der Waals surface area contributed by atoms with E-state index < -0.39 is 42.1 Å². The fourth-order valence-electron chi connectivity index (χ4n) is 2.42. The second kappa shape index (κ2) is 11.5. The van der Waals surface area contributed by atoms with E-state index in [0.717, 1.165) is 0 Å². The van der Waals surface area contributed by atoms with Crippen LogP contribution < -0.4 is 5.32 Å². The van der Waals surface area contributed by atoms with Gasteiger partial charge in [-0.15, -0.1) is 0 Å². The molecule has 1 amide bonds. The van der Waals surface area contributed by atoms with Crippen LogP contribution in [0.3, 0.4) is 0 Å². The third-order valence-electron chi connectivity index (χ3n) is 3.61. The molecule has 8 heteroatoms. The Morgan fingerprint density at radius 1 is 1.07 bits per heavy atom. The smallest absolute Gasteiger partial charge is 0.408 e. The topological polar surface area (TPSA) is 100 Å². The molecular formula is C21H31NO7. The van der Waals surface area contributed by atoms with Gasteiger partial charge in [0.25, 0.3) is 0 Å². The van der Waals surface area contributed by atoms with Gasteiger partial charge in [-0.05, 0) is 40.2 Å². The minimum atomic E-state index is -1.33. The van der Waals surface area contributed by atoms with Gasteiger partial charge in [-0.3, -0.25) is 4.79 Å². The molecule has 1 aromatic rings. The van der Waals surface area contributed by atoms with E-state index in [9.17, 15) is 14.4 Å². The lowest BCUT2D eigenvalue weighted by molar-refractivity contribution is -0.194. The first-order valence-corrected chi connectivity index (χ1v) is 9.63. The van der Waals surface area contributed by atoms with Crippen LogP contribution >= 0.6 is 0 Å². The first-order chi connectivity index (χ1) is 13.6. The number of benzene rings is 1. The number of carbonyl (C=O) groups excluding carboxylic acids is 3. The summed E-state index contributed by atoms with van der Waals surface area (Å²) in [4.78, 5) is 36.8. The van der Waals surface area contributed by atoms with Gasteiger partial charge in [-0.1, -0.05) is 37.3 Å². The van der Waals surface area contributed by atoms with Gasteiger partial charge in [0, 0.05) is 13.0 Å². The number of hydrogen-bond acceptors (Lipinski definition) is 7. The zero-order valence-corrected chi connectivity index (χ0v) is 17.9. The van der Waals surface area contributed by atoms with Crippen molar-refractivity contribution in [3.05, 3.63) is 35.9 Å². The molecule has 0 spiro atoms. The highest BCUT2D eigenvalue weighted by molar-refractivity contribution is 5.88. The van der Waals surface area contributed by atoms with Crippen molar-refractivity contribution >= 4 is 18.0 Å². The van der Waals surface area contributed by atoms with Gasteiger partial charge in [-0.2, -0.15) is 0 Å². The van der Waals surface area contributed by atoms with E-state index in [0.29, 0.717) is 12.2 Å². The van der Waals surface area contributed by atoms with Crippen LogP contribution in [0, 0.1) is 0 Å². The second-order valence-corrected chi connectivity index (χ2v) is 7.26. The monoisotopic (exact) mass is 409 g/mol. The summed E-state index contributed by atoms with van der Waals surface area (Å²) in [5.41, 5.74) is -0.160. The van der Waals surface area contributed by atoms with E-state index in [2.05, 4.69) is 5.32 Å². The normalized spacial score (nSPS) is 14.4. The highest BCUT2D eigenvalue weighted by atomic mass is 16.7. The quantitative estimate of drug-likeness (QED) is 0.378. The van der Waals surface area contributed by atoms with Crippen molar-refractivity contribution in [1.82, 2.24) is 5.32 Å². The first-order valence-electron chi connectivity index (χ1n) is 9.63. The van der Waals surface area contributed by atoms with Gasteiger partial charge >= 0.3 is 18.0 Å². The summed E-state index contributed by atoms with van der Waals surface area (Å²) < 4.78 is 21.3. The number of alkyl carbamates (subject to hydrolysis) is 1. The lowest BCUT2D eigenvalue weighted by atomic mass is 10.0. The van der Waals surface area contributed by atoms with Crippen molar-refractivity contribution in [2.24, 2.45) is 0 Å². The first kappa shape index (κ1) is 24.6. The Morgan fingerprint density at radius 3 is 2.21 bits per heavy atom. The molecule has 0 fully saturated rings. The number of carbonyl (C=O) groups is 3. The van der Waals surface area contributed by atoms with Crippen LogP contribution in [0.5, 0.6) is 0 Å². The van der Waals surface area contributed by atoms with Crippen molar-refractivity contribution in [2.75, 3.05) is 6.61 Å². The van der Waals surface area contributed by atoms with E-state index in [1.54, 1.807) is 71.9 Å².